The summed E-state index contributed by atoms with van der Waals surface area (Å²) >= 11 is 0. The first-order valence-electron chi connectivity index (χ1n) is 1.67. The van der Waals surface area contributed by atoms with Crippen molar-refractivity contribution in [2.45, 2.75) is 0 Å². The van der Waals surface area contributed by atoms with E-state index in [9.17, 15) is 20.2 Å². The van der Waals surface area contributed by atoms with Crippen molar-refractivity contribution in [2.24, 2.45) is 0 Å². The van der Waals surface area contributed by atoms with Crippen LogP contribution in [0.1, 0.15) is 0 Å². The third kappa shape index (κ3) is 6.46. The van der Waals surface area contributed by atoms with Crippen molar-refractivity contribution in [3.05, 3.63) is 20.2 Å². The van der Waals surface area contributed by atoms with E-state index in [1.807, 2.05) is 0 Å². The maximum Gasteiger partial charge on any atom is 0.535 e. The van der Waals surface area contributed by atoms with Gasteiger partial charge in [-0.3, -0.25) is 0 Å². The molecule has 0 aromatic carbocycles. The van der Waals surface area contributed by atoms with Crippen LogP contribution in [0.2, 0.25) is 0 Å². The Kier molecular flexibility index (Phi) is 2.87. The minimum Gasteiger partial charge on any atom is -0.352 e. The molecule has 0 bridgehead atoms. The lowest BCUT2D eigenvalue weighted by Crippen LogP contribution is -2.13. The first-order chi connectivity index (χ1) is 4.13. The highest BCUT2D eigenvalue weighted by molar-refractivity contribution is 6.16. The van der Waals surface area contributed by atoms with Crippen LogP contribution in [0.5, 0.6) is 0 Å². The largest absolute Gasteiger partial charge is 0.535 e. The number of rotatable bonds is 4. The lowest BCUT2D eigenvalue weighted by atomic mass is 10.4. The summed E-state index contributed by atoms with van der Waals surface area (Å²) in [6.07, 6.45) is 0. The van der Waals surface area contributed by atoms with E-state index in [0.717, 1.165) is 0 Å². The monoisotopic (exact) mass is 136 g/mol. The normalized spacial score (nSPS) is 7.56. The van der Waals surface area contributed by atoms with Crippen LogP contribution in [-0.4, -0.2) is 17.9 Å². The van der Waals surface area contributed by atoms with Crippen LogP contribution in [0.15, 0.2) is 0 Å². The van der Waals surface area contributed by atoms with Gasteiger partial charge in [-0.05, 0) is 0 Å². The predicted octanol–water partition coefficient (Wildman–Crippen LogP) is -1.33. The zero-order valence-electron chi connectivity index (χ0n) is 4.05. The Morgan fingerprint density at radius 1 is 1.11 bits per heavy atom. The van der Waals surface area contributed by atoms with E-state index in [1.165, 1.54) is 0 Å². The number of nitrogens with zero attached hydrogens (tertiary/aromatic N) is 2. The van der Waals surface area contributed by atoms with E-state index in [1.54, 1.807) is 0 Å². The summed E-state index contributed by atoms with van der Waals surface area (Å²) in [4.78, 5) is 18.5. The van der Waals surface area contributed by atoms with Crippen LogP contribution in [0.25, 0.3) is 0 Å². The quantitative estimate of drug-likeness (QED) is 0.269. The molecule has 0 unspecified atom stereocenters. The molecule has 0 aliphatic carbocycles. The first kappa shape index (κ1) is 7.46. The van der Waals surface area contributed by atoms with Crippen molar-refractivity contribution < 1.29 is 19.7 Å². The third-order valence-electron chi connectivity index (χ3n) is 0.316. The Bertz CT molecular complexity index is 106. The smallest absolute Gasteiger partial charge is 0.352 e. The average Bonchev–Trinajstić information content (AvgIpc) is 1.63. The molecule has 0 heterocycles. The van der Waals surface area contributed by atoms with E-state index >= 15 is 0 Å². The molecule has 0 aromatic rings. The Labute approximate surface area is 48.9 Å². The van der Waals surface area contributed by atoms with E-state index in [-0.39, 0.29) is 0 Å². The van der Waals surface area contributed by atoms with Gasteiger partial charge in [0.2, 0.25) is 0 Å². The fraction of sp³-hybridized carbons (Fsp3) is 0. The van der Waals surface area contributed by atoms with E-state index < -0.39 is 17.9 Å². The van der Waals surface area contributed by atoms with Gasteiger partial charge in [-0.2, -0.15) is 0 Å². The molecule has 0 saturated heterocycles. The third-order valence-corrected chi connectivity index (χ3v) is 0.316. The zero-order chi connectivity index (χ0) is 7.28. The number of hydrogen-bond acceptors (Lipinski definition) is 6. The highest BCUT2D eigenvalue weighted by Gasteiger charge is 2.01. The number of hydrogen-bond donors (Lipinski definition) is 0. The van der Waals surface area contributed by atoms with Crippen LogP contribution >= 0.6 is 0 Å². The van der Waals surface area contributed by atoms with Crippen LogP contribution < -0.4 is 0 Å². The molecule has 0 rings (SSSR count). The van der Waals surface area contributed by atoms with Crippen molar-refractivity contribution in [1.29, 1.82) is 0 Å². The summed E-state index contributed by atoms with van der Waals surface area (Å²) in [5.41, 5.74) is 0. The molecule has 0 atom stereocenters. The zero-order valence-corrected chi connectivity index (χ0v) is 4.05. The second-order valence-corrected chi connectivity index (χ2v) is 0.823. The van der Waals surface area contributed by atoms with Crippen LogP contribution in [0.3, 0.4) is 0 Å². The lowest BCUT2D eigenvalue weighted by Gasteiger charge is -1.91. The molecule has 0 N–H and O–H groups in total. The molecule has 9 heteroatoms. The van der Waals surface area contributed by atoms with Gasteiger partial charge in [-0.1, -0.05) is 0 Å². The molecular formula is HBN2O6. The van der Waals surface area contributed by atoms with Gasteiger partial charge in [0, 0.05) is 0 Å². The summed E-state index contributed by atoms with van der Waals surface area (Å²) in [6, 6.07) is 0. The minimum absolute atomic E-state index is 0.986. The van der Waals surface area contributed by atoms with Gasteiger partial charge in [0.05, 0.1) is 0 Å². The molecule has 0 aliphatic rings. The van der Waals surface area contributed by atoms with Crippen molar-refractivity contribution in [3.63, 3.8) is 0 Å². The van der Waals surface area contributed by atoms with Gasteiger partial charge < -0.3 is 9.51 Å². The molecule has 9 heavy (non-hydrogen) atoms. The molecular weight excluding hydrogens is 135 g/mol. The molecule has 8 nitrogen and oxygen atoms in total. The summed E-state index contributed by atoms with van der Waals surface area (Å²) in [6.45, 7) is 0. The highest BCUT2D eigenvalue weighted by Crippen LogP contribution is 1.73. The van der Waals surface area contributed by atoms with Crippen molar-refractivity contribution in [3.8, 4) is 0 Å². The van der Waals surface area contributed by atoms with Gasteiger partial charge in [0.25, 0.3) is 10.2 Å². The lowest BCUT2D eigenvalue weighted by molar-refractivity contribution is -0.755. The topological polar surface area (TPSA) is 105 Å². The first-order valence-corrected chi connectivity index (χ1v) is 1.67. The Balaban J connectivity index is 3.10. The Morgan fingerprint density at radius 2 is 1.44 bits per heavy atom. The maximum atomic E-state index is 9.26. The van der Waals surface area contributed by atoms with Crippen molar-refractivity contribution >= 4 is 7.69 Å². The van der Waals surface area contributed by atoms with E-state index in [0.29, 0.717) is 0 Å². The van der Waals surface area contributed by atoms with Gasteiger partial charge in [0.1, 0.15) is 0 Å². The van der Waals surface area contributed by atoms with Crippen molar-refractivity contribution in [2.75, 3.05) is 0 Å². The van der Waals surface area contributed by atoms with Gasteiger partial charge in [-0.15, -0.1) is 20.2 Å². The fourth-order valence-corrected chi connectivity index (χ4v) is 0.110. The second-order valence-electron chi connectivity index (χ2n) is 0.823. The highest BCUT2D eigenvalue weighted by atomic mass is 17.0. The van der Waals surface area contributed by atoms with Crippen LogP contribution in [0, 0.1) is 20.2 Å². The summed E-state index contributed by atoms with van der Waals surface area (Å²) < 4.78 is 6.82. The van der Waals surface area contributed by atoms with Crippen molar-refractivity contribution in [1.82, 2.24) is 0 Å². The molecule has 0 spiro atoms. The summed E-state index contributed by atoms with van der Waals surface area (Å²) in [7, 11) is -0.986. The average molecular weight is 136 g/mol. The molecule has 0 radical (unpaired) electrons. The molecule has 0 aliphatic heterocycles. The SMILES string of the molecule is O=[N+]([O-])OBO[N+](=O)[O-]. The second kappa shape index (κ2) is 3.46. The molecule has 0 fully saturated rings. The Hall–Kier alpha value is -1.54. The maximum absolute atomic E-state index is 9.26. The summed E-state index contributed by atoms with van der Waals surface area (Å²) in [5.74, 6) is 0. The van der Waals surface area contributed by atoms with Gasteiger partial charge in [-0.25, -0.2) is 0 Å². The van der Waals surface area contributed by atoms with Gasteiger partial charge in [0.15, 0.2) is 0 Å². The Morgan fingerprint density at radius 3 is 1.67 bits per heavy atom. The fourth-order valence-electron chi connectivity index (χ4n) is 0.110. The molecule has 0 saturated carbocycles. The summed E-state index contributed by atoms with van der Waals surface area (Å²) in [5, 5.41) is 16.1. The molecule has 0 aromatic heterocycles. The van der Waals surface area contributed by atoms with E-state index in [2.05, 4.69) is 9.51 Å². The van der Waals surface area contributed by atoms with Crippen LogP contribution in [-0.2, 0) is 9.51 Å². The molecule has 50 valence electrons. The van der Waals surface area contributed by atoms with Crippen LogP contribution in [0.4, 0.5) is 0 Å². The standard InChI is InChI=1S/BHN2O6/c4-2(5)8-1-9-3(6)7/h1H. The molecule has 0 amide bonds. The predicted molar refractivity (Wildman–Crippen MR) is 23.3 cm³/mol. The van der Waals surface area contributed by atoms with E-state index in [4.69, 9.17) is 0 Å². The minimum atomic E-state index is -1.19. The van der Waals surface area contributed by atoms with Gasteiger partial charge >= 0.3 is 7.69 Å².